The monoisotopic (exact) mass is 319 g/mol. The van der Waals surface area contributed by atoms with Crippen LogP contribution in [0.4, 0.5) is 0 Å². The summed E-state index contributed by atoms with van der Waals surface area (Å²) in [7, 11) is 0. The van der Waals surface area contributed by atoms with E-state index in [4.69, 9.17) is 0 Å². The molecule has 0 aliphatic carbocycles. The van der Waals surface area contributed by atoms with Crippen molar-refractivity contribution in [3.05, 3.63) is 27.7 Å². The Morgan fingerprint density at radius 1 is 1.38 bits per heavy atom. The Labute approximate surface area is 97.4 Å². The van der Waals surface area contributed by atoms with Crippen LogP contribution in [0.3, 0.4) is 0 Å². The zero-order valence-corrected chi connectivity index (χ0v) is 10.7. The normalized spacial score (nSPS) is 10.9. The highest BCUT2D eigenvalue weighted by Crippen LogP contribution is 2.29. The molecule has 4 heteroatoms. The van der Waals surface area contributed by atoms with Gasteiger partial charge in [0.15, 0.2) is 0 Å². The standard InChI is InChI=1S/C9H7Br2NS/c10-5-4-8-12-7-3-1-2-6(11)9(7)13-8/h1-3H,4-5H2. The molecule has 0 fully saturated rings. The van der Waals surface area contributed by atoms with Gasteiger partial charge >= 0.3 is 0 Å². The van der Waals surface area contributed by atoms with E-state index in [1.54, 1.807) is 11.3 Å². The predicted molar refractivity (Wildman–Crippen MR) is 64.8 cm³/mol. The van der Waals surface area contributed by atoms with Crippen LogP contribution in [-0.2, 0) is 6.42 Å². The molecule has 0 spiro atoms. The Bertz CT molecular complexity index is 424. The van der Waals surface area contributed by atoms with Crippen LogP contribution in [0.1, 0.15) is 5.01 Å². The smallest absolute Gasteiger partial charge is 0.0947 e. The van der Waals surface area contributed by atoms with Crippen LogP contribution >= 0.6 is 43.2 Å². The van der Waals surface area contributed by atoms with E-state index in [1.165, 1.54) is 9.71 Å². The van der Waals surface area contributed by atoms with E-state index in [1.807, 2.05) is 12.1 Å². The van der Waals surface area contributed by atoms with Gasteiger partial charge in [0.25, 0.3) is 0 Å². The van der Waals surface area contributed by atoms with Crippen molar-refractivity contribution in [2.45, 2.75) is 6.42 Å². The molecule has 0 bridgehead atoms. The van der Waals surface area contributed by atoms with Crippen molar-refractivity contribution in [1.29, 1.82) is 0 Å². The molecule has 0 aliphatic heterocycles. The van der Waals surface area contributed by atoms with Gasteiger partial charge in [-0.15, -0.1) is 11.3 Å². The number of alkyl halides is 1. The highest BCUT2D eigenvalue weighted by molar-refractivity contribution is 9.10. The minimum atomic E-state index is 0.977. The van der Waals surface area contributed by atoms with Crippen LogP contribution in [0.5, 0.6) is 0 Å². The maximum atomic E-state index is 4.52. The summed E-state index contributed by atoms with van der Waals surface area (Å²) < 4.78 is 2.39. The molecular formula is C9H7Br2NS. The second-order valence-corrected chi connectivity index (χ2v) is 5.37. The highest BCUT2D eigenvalue weighted by Gasteiger charge is 2.04. The first-order chi connectivity index (χ1) is 6.31. The lowest BCUT2D eigenvalue weighted by Crippen LogP contribution is -1.81. The molecule has 2 rings (SSSR count). The van der Waals surface area contributed by atoms with Gasteiger partial charge in [-0.05, 0) is 28.1 Å². The number of nitrogens with zero attached hydrogens (tertiary/aromatic N) is 1. The molecule has 1 aromatic carbocycles. The average molecular weight is 321 g/mol. The molecule has 1 aromatic heterocycles. The van der Waals surface area contributed by atoms with Crippen molar-refractivity contribution in [3.63, 3.8) is 0 Å². The van der Waals surface area contributed by atoms with Crippen LogP contribution in [-0.4, -0.2) is 10.3 Å². The molecule has 0 amide bonds. The van der Waals surface area contributed by atoms with Crippen molar-refractivity contribution in [2.24, 2.45) is 0 Å². The number of hydrogen-bond donors (Lipinski definition) is 0. The summed E-state index contributed by atoms with van der Waals surface area (Å²) in [6.07, 6.45) is 1.01. The highest BCUT2D eigenvalue weighted by atomic mass is 79.9. The largest absolute Gasteiger partial charge is 0.241 e. The molecule has 13 heavy (non-hydrogen) atoms. The van der Waals surface area contributed by atoms with E-state index < -0.39 is 0 Å². The second-order valence-electron chi connectivity index (χ2n) is 2.63. The fraction of sp³-hybridized carbons (Fsp3) is 0.222. The minimum Gasteiger partial charge on any atom is -0.241 e. The zero-order chi connectivity index (χ0) is 9.26. The molecule has 0 saturated heterocycles. The summed E-state index contributed by atoms with van der Waals surface area (Å²) in [6.45, 7) is 0. The van der Waals surface area contributed by atoms with Gasteiger partial charge in [-0.1, -0.05) is 22.0 Å². The molecule has 0 saturated carbocycles. The Morgan fingerprint density at radius 3 is 2.92 bits per heavy atom. The van der Waals surface area contributed by atoms with Crippen LogP contribution in [0.15, 0.2) is 22.7 Å². The zero-order valence-electron chi connectivity index (χ0n) is 6.76. The summed E-state index contributed by atoms with van der Waals surface area (Å²) in [5.41, 5.74) is 1.09. The molecule has 2 aromatic rings. The van der Waals surface area contributed by atoms with Crippen LogP contribution in [0.2, 0.25) is 0 Å². The first-order valence-electron chi connectivity index (χ1n) is 3.91. The van der Waals surface area contributed by atoms with Crippen molar-refractivity contribution < 1.29 is 0 Å². The van der Waals surface area contributed by atoms with Gasteiger partial charge in [-0.3, -0.25) is 0 Å². The molecule has 0 radical (unpaired) electrons. The van der Waals surface area contributed by atoms with E-state index in [2.05, 4.69) is 42.9 Å². The molecule has 1 heterocycles. The number of rotatable bonds is 2. The summed E-state index contributed by atoms with van der Waals surface area (Å²) >= 11 is 8.70. The van der Waals surface area contributed by atoms with Gasteiger partial charge in [-0.2, -0.15) is 0 Å². The third kappa shape index (κ3) is 1.95. The van der Waals surface area contributed by atoms with Crippen molar-refractivity contribution in [2.75, 3.05) is 5.33 Å². The third-order valence-corrected chi connectivity index (χ3v) is 4.20. The number of fused-ring (bicyclic) bond motifs is 1. The molecule has 0 N–H and O–H groups in total. The molecule has 1 nitrogen and oxygen atoms in total. The van der Waals surface area contributed by atoms with Crippen LogP contribution in [0.25, 0.3) is 10.2 Å². The maximum absolute atomic E-state index is 4.52. The summed E-state index contributed by atoms with van der Waals surface area (Å²) in [5, 5.41) is 2.17. The van der Waals surface area contributed by atoms with Crippen LogP contribution in [0, 0.1) is 0 Å². The molecule has 0 aliphatic rings. The SMILES string of the molecule is BrCCc1nc2cccc(Br)c2s1. The van der Waals surface area contributed by atoms with Gasteiger partial charge in [0.1, 0.15) is 0 Å². The number of thiazole rings is 1. The Kier molecular flexibility index (Phi) is 3.01. The molecule has 68 valence electrons. The molecular weight excluding hydrogens is 314 g/mol. The third-order valence-electron chi connectivity index (χ3n) is 1.72. The number of aryl methyl sites for hydroxylation is 1. The summed E-state index contributed by atoms with van der Waals surface area (Å²) in [4.78, 5) is 4.52. The lowest BCUT2D eigenvalue weighted by molar-refractivity contribution is 1.13. The molecule has 0 atom stereocenters. The lowest BCUT2D eigenvalue weighted by atomic mass is 10.3. The van der Waals surface area contributed by atoms with Crippen molar-refractivity contribution in [1.82, 2.24) is 4.98 Å². The van der Waals surface area contributed by atoms with Gasteiger partial charge in [-0.25, -0.2) is 4.98 Å². The van der Waals surface area contributed by atoms with E-state index in [-0.39, 0.29) is 0 Å². The summed E-state index contributed by atoms with van der Waals surface area (Å²) in [6, 6.07) is 6.12. The maximum Gasteiger partial charge on any atom is 0.0947 e. The topological polar surface area (TPSA) is 12.9 Å². The van der Waals surface area contributed by atoms with E-state index in [0.717, 1.165) is 21.7 Å². The number of benzene rings is 1. The average Bonchev–Trinajstić information content (AvgIpc) is 2.49. The van der Waals surface area contributed by atoms with Gasteiger partial charge < -0.3 is 0 Å². The van der Waals surface area contributed by atoms with Crippen molar-refractivity contribution >= 4 is 53.4 Å². The lowest BCUT2D eigenvalue weighted by Gasteiger charge is -1.88. The van der Waals surface area contributed by atoms with Gasteiger partial charge in [0, 0.05) is 16.2 Å². The Balaban J connectivity index is 2.55. The van der Waals surface area contributed by atoms with E-state index >= 15 is 0 Å². The second kappa shape index (κ2) is 4.07. The molecule has 0 unspecified atom stereocenters. The Morgan fingerprint density at radius 2 is 2.23 bits per heavy atom. The van der Waals surface area contributed by atoms with Crippen LogP contribution < -0.4 is 0 Å². The number of hydrogen-bond acceptors (Lipinski definition) is 2. The van der Waals surface area contributed by atoms with Gasteiger partial charge in [0.05, 0.1) is 15.2 Å². The minimum absolute atomic E-state index is 0.977. The summed E-state index contributed by atoms with van der Waals surface area (Å²) in [5.74, 6) is 0. The quantitative estimate of drug-likeness (QED) is 0.762. The van der Waals surface area contributed by atoms with Gasteiger partial charge in [0.2, 0.25) is 0 Å². The predicted octanol–water partition coefficient (Wildman–Crippen LogP) is 4.00. The first kappa shape index (κ1) is 9.62. The number of halogens is 2. The fourth-order valence-electron chi connectivity index (χ4n) is 1.15. The van der Waals surface area contributed by atoms with E-state index in [9.17, 15) is 0 Å². The first-order valence-corrected chi connectivity index (χ1v) is 6.64. The van der Waals surface area contributed by atoms with Crippen molar-refractivity contribution in [3.8, 4) is 0 Å². The fourth-order valence-corrected chi connectivity index (χ4v) is 3.35. The van der Waals surface area contributed by atoms with E-state index in [0.29, 0.717) is 0 Å². The number of aromatic nitrogens is 1. The Hall–Kier alpha value is 0.0700.